The Morgan fingerprint density at radius 3 is 2.41 bits per heavy atom. The molecule has 0 bridgehead atoms. The van der Waals surface area contributed by atoms with Crippen LogP contribution in [-0.4, -0.2) is 74.1 Å². The van der Waals surface area contributed by atoms with Gasteiger partial charge in [-0.2, -0.15) is 0 Å². The molecule has 1 saturated carbocycles. The molecule has 158 valence electrons. The number of halogens is 1. The zero-order valence-corrected chi connectivity index (χ0v) is 19.7. The van der Waals surface area contributed by atoms with Crippen LogP contribution in [0.1, 0.15) is 58.8 Å². The molecule has 0 unspecified atom stereocenters. The van der Waals surface area contributed by atoms with Gasteiger partial charge in [0, 0.05) is 32.2 Å². The number of rotatable bonds is 7. The minimum absolute atomic E-state index is 0. The zero-order valence-electron chi connectivity index (χ0n) is 17.4. The Morgan fingerprint density at radius 1 is 1.15 bits per heavy atom. The Bertz CT molecular complexity index is 447. The molecule has 2 rings (SSSR count). The van der Waals surface area contributed by atoms with Crippen molar-refractivity contribution in [2.24, 2.45) is 10.9 Å². The molecule has 2 fully saturated rings. The van der Waals surface area contributed by atoms with Crippen molar-refractivity contribution >= 4 is 35.9 Å². The number of aliphatic imine (C=N–C) groups is 1. The first-order chi connectivity index (χ1) is 12.7. The van der Waals surface area contributed by atoms with Crippen LogP contribution < -0.4 is 5.32 Å². The summed E-state index contributed by atoms with van der Waals surface area (Å²) in [5, 5.41) is 3.42. The lowest BCUT2D eigenvalue weighted by Crippen LogP contribution is -2.47. The zero-order chi connectivity index (χ0) is 18.8. The number of hydrogen-bond donors (Lipinski definition) is 1. The van der Waals surface area contributed by atoms with Gasteiger partial charge in [-0.15, -0.1) is 24.0 Å². The first-order valence-corrected chi connectivity index (χ1v) is 10.6. The summed E-state index contributed by atoms with van der Waals surface area (Å²) in [5.74, 6) is 1.00. The summed E-state index contributed by atoms with van der Waals surface area (Å²) in [6.07, 6.45) is 8.52. The number of likely N-dealkylation sites (N-methyl/N-ethyl adjacent to an activating group) is 1. The normalized spacial score (nSPS) is 19.7. The van der Waals surface area contributed by atoms with Crippen LogP contribution in [0.4, 0.5) is 0 Å². The van der Waals surface area contributed by atoms with Crippen LogP contribution in [0.2, 0.25) is 0 Å². The monoisotopic (exact) mass is 494 g/mol. The van der Waals surface area contributed by atoms with Gasteiger partial charge in [0.05, 0.1) is 19.1 Å². The van der Waals surface area contributed by atoms with Crippen molar-refractivity contribution in [2.75, 3.05) is 46.4 Å². The van der Waals surface area contributed by atoms with Gasteiger partial charge >= 0.3 is 5.97 Å². The van der Waals surface area contributed by atoms with Crippen LogP contribution in [-0.2, 0) is 9.53 Å². The molecule has 1 heterocycles. The number of esters is 1. The van der Waals surface area contributed by atoms with Gasteiger partial charge in [0.25, 0.3) is 0 Å². The van der Waals surface area contributed by atoms with Gasteiger partial charge in [0.1, 0.15) is 0 Å². The van der Waals surface area contributed by atoms with Gasteiger partial charge < -0.3 is 19.9 Å². The number of nitrogens with zero attached hydrogens (tertiary/aromatic N) is 3. The third-order valence-corrected chi connectivity index (χ3v) is 5.66. The van der Waals surface area contributed by atoms with Crippen molar-refractivity contribution in [3.8, 4) is 0 Å². The van der Waals surface area contributed by atoms with Crippen LogP contribution in [0.15, 0.2) is 4.99 Å². The lowest BCUT2D eigenvalue weighted by molar-refractivity contribution is -0.149. The molecule has 0 aromatic rings. The number of piperidine rings is 1. The summed E-state index contributed by atoms with van der Waals surface area (Å²) in [7, 11) is 2.24. The predicted octanol–water partition coefficient (Wildman–Crippen LogP) is 3.11. The average molecular weight is 494 g/mol. The molecule has 1 aliphatic heterocycles. The van der Waals surface area contributed by atoms with Crippen molar-refractivity contribution < 1.29 is 9.53 Å². The highest BCUT2D eigenvalue weighted by Gasteiger charge is 2.27. The van der Waals surface area contributed by atoms with E-state index < -0.39 is 0 Å². The van der Waals surface area contributed by atoms with E-state index in [4.69, 9.17) is 9.73 Å². The lowest BCUT2D eigenvalue weighted by atomic mass is 9.94. The molecule has 0 spiro atoms. The number of hydrogen-bond acceptors (Lipinski definition) is 4. The van der Waals surface area contributed by atoms with E-state index in [0.717, 1.165) is 57.6 Å². The molecule has 1 aliphatic carbocycles. The van der Waals surface area contributed by atoms with E-state index in [2.05, 4.69) is 29.1 Å². The van der Waals surface area contributed by atoms with Crippen molar-refractivity contribution in [1.29, 1.82) is 0 Å². The maximum absolute atomic E-state index is 11.9. The topological polar surface area (TPSA) is 57.2 Å². The third kappa shape index (κ3) is 8.13. The van der Waals surface area contributed by atoms with E-state index in [-0.39, 0.29) is 35.9 Å². The molecule has 0 radical (unpaired) electrons. The van der Waals surface area contributed by atoms with Gasteiger partial charge in [0.15, 0.2) is 5.96 Å². The largest absolute Gasteiger partial charge is 0.466 e. The lowest BCUT2D eigenvalue weighted by Gasteiger charge is -2.34. The summed E-state index contributed by atoms with van der Waals surface area (Å²) >= 11 is 0. The SMILES string of the molecule is CCNC(=NCCN(C)C1CCCCC1)N1CCC(C(=O)OCC)CC1.I. The second kappa shape index (κ2) is 13.6. The van der Waals surface area contributed by atoms with Crippen LogP contribution in [0.3, 0.4) is 0 Å². The van der Waals surface area contributed by atoms with Crippen LogP contribution in [0, 0.1) is 5.92 Å². The van der Waals surface area contributed by atoms with E-state index >= 15 is 0 Å². The summed E-state index contributed by atoms with van der Waals surface area (Å²) in [6.45, 7) is 8.89. The number of carbonyl (C=O) groups is 1. The van der Waals surface area contributed by atoms with Crippen molar-refractivity contribution in [1.82, 2.24) is 15.1 Å². The summed E-state index contributed by atoms with van der Waals surface area (Å²) in [4.78, 5) is 21.5. The van der Waals surface area contributed by atoms with Gasteiger partial charge in [-0.05, 0) is 46.6 Å². The molecule has 1 N–H and O–H groups in total. The number of carbonyl (C=O) groups excluding carboxylic acids is 1. The van der Waals surface area contributed by atoms with E-state index in [0.29, 0.717) is 6.61 Å². The Morgan fingerprint density at radius 2 is 1.81 bits per heavy atom. The van der Waals surface area contributed by atoms with Crippen LogP contribution >= 0.6 is 24.0 Å². The predicted molar refractivity (Wildman–Crippen MR) is 122 cm³/mol. The Balaban J connectivity index is 0.00000364. The Kier molecular flexibility index (Phi) is 12.3. The fourth-order valence-corrected chi connectivity index (χ4v) is 4.03. The number of guanidine groups is 1. The first kappa shape index (κ1) is 24.5. The smallest absolute Gasteiger partial charge is 0.309 e. The highest BCUT2D eigenvalue weighted by molar-refractivity contribution is 14.0. The highest BCUT2D eigenvalue weighted by Crippen LogP contribution is 2.21. The van der Waals surface area contributed by atoms with Crippen molar-refractivity contribution in [2.45, 2.75) is 64.8 Å². The van der Waals surface area contributed by atoms with Crippen LogP contribution in [0.5, 0.6) is 0 Å². The average Bonchev–Trinajstić information content (AvgIpc) is 2.68. The second-order valence-corrected chi connectivity index (χ2v) is 7.52. The minimum atomic E-state index is -0.0387. The van der Waals surface area contributed by atoms with E-state index in [1.807, 2.05) is 6.92 Å². The van der Waals surface area contributed by atoms with Gasteiger partial charge in [-0.1, -0.05) is 19.3 Å². The van der Waals surface area contributed by atoms with Gasteiger partial charge in [0.2, 0.25) is 0 Å². The Labute approximate surface area is 182 Å². The molecular weight excluding hydrogens is 455 g/mol. The van der Waals surface area contributed by atoms with Crippen molar-refractivity contribution in [3.05, 3.63) is 0 Å². The highest BCUT2D eigenvalue weighted by atomic mass is 127. The summed E-state index contributed by atoms with van der Waals surface area (Å²) < 4.78 is 5.16. The minimum Gasteiger partial charge on any atom is -0.466 e. The molecule has 1 saturated heterocycles. The number of likely N-dealkylation sites (tertiary alicyclic amines) is 1. The molecular formula is C20H39IN4O2. The fourth-order valence-electron chi connectivity index (χ4n) is 4.03. The fraction of sp³-hybridized carbons (Fsp3) is 0.900. The summed E-state index contributed by atoms with van der Waals surface area (Å²) in [6, 6.07) is 0.738. The molecule has 6 nitrogen and oxygen atoms in total. The molecule has 0 aromatic carbocycles. The Hall–Kier alpha value is -0.570. The third-order valence-electron chi connectivity index (χ3n) is 5.66. The van der Waals surface area contributed by atoms with Gasteiger partial charge in [-0.3, -0.25) is 9.79 Å². The quantitative estimate of drug-likeness (QED) is 0.255. The second-order valence-electron chi connectivity index (χ2n) is 7.52. The molecule has 0 amide bonds. The molecule has 0 aromatic heterocycles. The number of ether oxygens (including phenoxy) is 1. The summed E-state index contributed by atoms with van der Waals surface area (Å²) in [5.41, 5.74) is 0. The maximum atomic E-state index is 11.9. The first-order valence-electron chi connectivity index (χ1n) is 10.6. The molecule has 2 aliphatic rings. The van der Waals surface area contributed by atoms with E-state index in [1.54, 1.807) is 0 Å². The molecule has 0 atom stereocenters. The van der Waals surface area contributed by atoms with Crippen LogP contribution in [0.25, 0.3) is 0 Å². The van der Waals surface area contributed by atoms with E-state index in [9.17, 15) is 4.79 Å². The number of nitrogens with one attached hydrogen (secondary N) is 1. The van der Waals surface area contributed by atoms with Crippen molar-refractivity contribution in [3.63, 3.8) is 0 Å². The van der Waals surface area contributed by atoms with Gasteiger partial charge in [-0.25, -0.2) is 0 Å². The standard InChI is InChI=1S/C20H38N4O2.HI/c1-4-21-20(22-13-16-23(3)18-9-7-6-8-10-18)24-14-11-17(12-15-24)19(25)26-5-2;/h17-18H,4-16H2,1-3H3,(H,21,22);1H. The van der Waals surface area contributed by atoms with E-state index in [1.165, 1.54) is 32.1 Å². The molecule has 27 heavy (non-hydrogen) atoms. The molecule has 7 heteroatoms. The maximum Gasteiger partial charge on any atom is 0.309 e.